The van der Waals surface area contributed by atoms with Crippen LogP contribution in [0.2, 0.25) is 0 Å². The number of hydroxylamine groups is 2. The van der Waals surface area contributed by atoms with Crippen molar-refractivity contribution in [3.63, 3.8) is 0 Å². The highest BCUT2D eigenvalue weighted by Gasteiger charge is 2.45. The number of nitrogens with one attached hydrogen (secondary N) is 1. The Morgan fingerprint density at radius 1 is 0.703 bits per heavy atom. The maximum absolute atomic E-state index is 13.1. The molecular weight excluding hydrogens is 985 g/mol. The molecule has 0 radical (unpaired) electrons. The molecule has 25 heteroatoms. The van der Waals surface area contributed by atoms with Crippen LogP contribution in [0.15, 0.2) is 18.2 Å². The number of methoxy groups -OCH3 is 1. The fraction of sp³-hybridized carbons (Fsp3) is 0.612. The second-order valence-electron chi connectivity index (χ2n) is 17.3. The molecule has 2 aliphatic carbocycles. The number of imide groups is 1. The van der Waals surface area contributed by atoms with Crippen molar-refractivity contribution < 1.29 is 112 Å². The number of amides is 3. The predicted octanol–water partition coefficient (Wildman–Crippen LogP) is -0.874. The molecule has 5 atom stereocenters. The Morgan fingerprint density at radius 2 is 1.20 bits per heavy atom. The number of benzene rings is 2. The predicted molar refractivity (Wildman–Crippen MR) is 250 cm³/mol. The highest BCUT2D eigenvalue weighted by molar-refractivity contribution is 6.31. The van der Waals surface area contributed by atoms with Crippen LogP contribution in [-0.2, 0) is 79.5 Å². The van der Waals surface area contributed by atoms with Crippen LogP contribution in [0.3, 0.4) is 0 Å². The summed E-state index contributed by atoms with van der Waals surface area (Å²) < 4.78 is 48.0. The van der Waals surface area contributed by atoms with Gasteiger partial charge in [-0.05, 0) is 25.8 Å². The summed E-state index contributed by atoms with van der Waals surface area (Å²) in [4.78, 5) is 89.3. The van der Waals surface area contributed by atoms with Crippen molar-refractivity contribution in [2.24, 2.45) is 0 Å². The summed E-state index contributed by atoms with van der Waals surface area (Å²) >= 11 is 0. The van der Waals surface area contributed by atoms with Gasteiger partial charge in [0.05, 0.1) is 135 Å². The minimum Gasteiger partial charge on any atom is -0.507 e. The van der Waals surface area contributed by atoms with Crippen molar-refractivity contribution in [3.05, 3.63) is 51.6 Å². The first kappa shape index (κ1) is 59.3. The number of hydrogen-bond donors (Lipinski definition) is 7. The molecule has 410 valence electrons. The highest BCUT2D eigenvalue weighted by atomic mass is 16.7. The fourth-order valence-corrected chi connectivity index (χ4v) is 8.25. The number of phenols is 2. The van der Waals surface area contributed by atoms with Gasteiger partial charge in [-0.2, -0.15) is 0 Å². The van der Waals surface area contributed by atoms with Gasteiger partial charge in [0, 0.05) is 48.8 Å². The molecule has 2 aliphatic heterocycles. The molecule has 0 saturated carbocycles. The Labute approximate surface area is 425 Å². The van der Waals surface area contributed by atoms with Crippen LogP contribution in [-0.4, -0.2) is 213 Å². The van der Waals surface area contributed by atoms with E-state index in [9.17, 15) is 59.1 Å². The number of rotatable bonds is 29. The average molecular weight is 1050 g/mol. The molecule has 74 heavy (non-hydrogen) atoms. The van der Waals surface area contributed by atoms with Gasteiger partial charge in [-0.25, -0.2) is 4.79 Å². The summed E-state index contributed by atoms with van der Waals surface area (Å²) in [6, 6.07) is 3.91. The molecule has 4 aliphatic rings. The van der Waals surface area contributed by atoms with Crippen LogP contribution in [0, 0.1) is 0 Å². The van der Waals surface area contributed by atoms with Crippen LogP contribution in [0.5, 0.6) is 17.2 Å². The number of Topliss-reactive ketones (excluding diaryl/α,β-unsaturated/α-hetero) is 1. The highest BCUT2D eigenvalue weighted by Crippen LogP contribution is 2.48. The molecule has 0 aromatic heterocycles. The summed E-state index contributed by atoms with van der Waals surface area (Å²) in [6.07, 6.45) is -2.68. The summed E-state index contributed by atoms with van der Waals surface area (Å²) in [5.41, 5.74) is -2.38. The topological polar surface area (TPSA) is 348 Å². The first-order valence-electron chi connectivity index (χ1n) is 24.2. The Morgan fingerprint density at radius 3 is 1.73 bits per heavy atom. The van der Waals surface area contributed by atoms with E-state index >= 15 is 0 Å². The third-order valence-electron chi connectivity index (χ3n) is 12.2. The van der Waals surface area contributed by atoms with Crippen molar-refractivity contribution in [2.45, 2.75) is 88.4 Å². The molecule has 3 amide bonds. The maximum atomic E-state index is 13.1. The smallest absolute Gasteiger partial charge is 0.335 e. The van der Waals surface area contributed by atoms with Gasteiger partial charge in [-0.3, -0.25) is 28.8 Å². The Kier molecular flexibility index (Phi) is 23.7. The lowest BCUT2D eigenvalue weighted by atomic mass is 9.73. The first-order valence-corrected chi connectivity index (χ1v) is 24.2. The molecule has 2 aromatic rings. The number of aliphatic hydroxyl groups is 4. The molecule has 2 aromatic carbocycles. The molecule has 2 saturated heterocycles. The fourth-order valence-electron chi connectivity index (χ4n) is 8.25. The van der Waals surface area contributed by atoms with E-state index in [0.717, 1.165) is 0 Å². The average Bonchev–Trinajstić information content (AvgIpc) is 3.69. The van der Waals surface area contributed by atoms with E-state index in [0.29, 0.717) is 77.7 Å². The summed E-state index contributed by atoms with van der Waals surface area (Å²) in [5.74, 6) is -5.01. The number of carbonyl (C=O) groups excluding carboxylic acids is 7. The maximum Gasteiger partial charge on any atom is 0.335 e. The normalized spacial score (nSPS) is 21.1. The first-order chi connectivity index (χ1) is 35.5. The lowest BCUT2D eigenvalue weighted by Crippen LogP contribution is -2.54. The largest absolute Gasteiger partial charge is 0.507 e. The number of ether oxygens (including phenoxy) is 9. The van der Waals surface area contributed by atoms with E-state index in [2.05, 4.69) is 5.32 Å². The van der Waals surface area contributed by atoms with Crippen molar-refractivity contribution in [2.75, 3.05) is 106 Å². The van der Waals surface area contributed by atoms with Gasteiger partial charge in [0.2, 0.25) is 11.7 Å². The minimum absolute atomic E-state index is 0.00456. The van der Waals surface area contributed by atoms with Crippen LogP contribution in [0.25, 0.3) is 0 Å². The standard InChI is InChI=1S/C28H48N2O15.C21H18O8/c1-21-28(36)22(20-27(35)44-21)29-23(31)4-6-37-8-10-39-12-14-41-16-18-43-19-17-42-15-13-40-11-9-38-7-5-26(34)45-30-24(32)2-3-25(30)33;1-29-12-4-2-3-10-14(12)20(27)16-15(18(10)25)19(26)11-7-21(28,13(23)8-22)6-5-9(11)17(16)24/h21-22,27-28,35-36H,2-20H2,1H3,(H,29,31);2-4,22,24,26,28H,5-8H2,1H3. The quantitative estimate of drug-likeness (QED) is 0.0252. The lowest BCUT2D eigenvalue weighted by Gasteiger charge is -2.36. The van der Waals surface area contributed by atoms with Gasteiger partial charge < -0.3 is 83.4 Å². The third kappa shape index (κ3) is 16.2. The number of carbonyl (C=O) groups is 7. The van der Waals surface area contributed by atoms with Gasteiger partial charge in [-0.1, -0.05) is 12.1 Å². The third-order valence-corrected chi connectivity index (χ3v) is 12.2. The van der Waals surface area contributed by atoms with Gasteiger partial charge in [-0.15, -0.1) is 5.06 Å². The van der Waals surface area contributed by atoms with E-state index in [1.54, 1.807) is 6.92 Å². The summed E-state index contributed by atoms with van der Waals surface area (Å²) in [6.45, 7) is 5.58. The Balaban J connectivity index is 0.000000299. The van der Waals surface area contributed by atoms with E-state index in [-0.39, 0.29) is 116 Å². The van der Waals surface area contributed by atoms with Crippen molar-refractivity contribution in [3.8, 4) is 17.2 Å². The van der Waals surface area contributed by atoms with Crippen LogP contribution in [0.1, 0.15) is 88.4 Å². The number of ketones is 3. The zero-order valence-corrected chi connectivity index (χ0v) is 41.4. The number of hydrogen-bond acceptors (Lipinski definition) is 23. The SMILES string of the molecule is CC1OC(O)CC(NC(=O)CCOCCOCCOCCOCCOCCOCCOCCC(=O)ON2C(=O)CCC2=O)C1O.COc1cccc2c1C(=O)c1c(O)c3c(c(O)c1C2=O)CC(O)(C(=O)CO)CC3. The van der Waals surface area contributed by atoms with E-state index in [1.807, 2.05) is 0 Å². The van der Waals surface area contributed by atoms with Crippen LogP contribution in [0.4, 0.5) is 0 Å². The van der Waals surface area contributed by atoms with Gasteiger partial charge in [0.25, 0.3) is 11.8 Å². The monoisotopic (exact) mass is 1050 g/mol. The van der Waals surface area contributed by atoms with Gasteiger partial charge in [0.1, 0.15) is 35.6 Å². The summed E-state index contributed by atoms with van der Waals surface area (Å²) in [7, 11) is 1.35. The number of fused-ring (bicyclic) bond motifs is 3. The van der Waals surface area contributed by atoms with Crippen molar-refractivity contribution >= 4 is 41.0 Å². The molecule has 25 nitrogen and oxygen atoms in total. The molecule has 2 fully saturated rings. The number of nitrogens with zero attached hydrogens (tertiary/aromatic N) is 1. The van der Waals surface area contributed by atoms with Gasteiger partial charge >= 0.3 is 5.97 Å². The van der Waals surface area contributed by atoms with E-state index in [1.165, 1.54) is 25.3 Å². The van der Waals surface area contributed by atoms with Crippen LogP contribution >= 0.6 is 0 Å². The Bertz CT molecular complexity index is 2260. The second-order valence-corrected chi connectivity index (χ2v) is 17.3. The van der Waals surface area contributed by atoms with E-state index in [4.69, 9.17) is 52.6 Å². The number of phenolic OH excluding ortho intramolecular Hbond substituents is 2. The molecule has 0 bridgehead atoms. The zero-order valence-electron chi connectivity index (χ0n) is 41.4. The molecule has 2 heterocycles. The Hall–Kier alpha value is -5.55. The minimum atomic E-state index is -1.93. The van der Waals surface area contributed by atoms with Gasteiger partial charge in [0.15, 0.2) is 17.9 Å². The molecule has 7 N–H and O–H groups in total. The zero-order chi connectivity index (χ0) is 53.8. The molecule has 6 rings (SSSR count). The number of aliphatic hydroxyl groups excluding tert-OH is 3. The molecular formula is C49H66N2O23. The molecule has 0 spiro atoms. The number of aromatic hydroxyl groups is 2. The van der Waals surface area contributed by atoms with E-state index < -0.39 is 83.4 Å². The van der Waals surface area contributed by atoms with Crippen LogP contribution < -0.4 is 10.1 Å². The molecule has 5 unspecified atom stereocenters. The van der Waals surface area contributed by atoms with Crippen molar-refractivity contribution in [1.29, 1.82) is 0 Å². The second kappa shape index (κ2) is 29.5. The summed E-state index contributed by atoms with van der Waals surface area (Å²) in [5, 5.41) is 64.2. The lowest BCUT2D eigenvalue weighted by molar-refractivity contribution is -0.202. The van der Waals surface area contributed by atoms with Crippen molar-refractivity contribution in [1.82, 2.24) is 10.4 Å².